The van der Waals surface area contributed by atoms with Gasteiger partial charge in [0, 0.05) is 12.5 Å². The monoisotopic (exact) mass is 252 g/mol. The predicted octanol–water partition coefficient (Wildman–Crippen LogP) is -0.982. The lowest BCUT2D eigenvalue weighted by atomic mass is 10.2. The zero-order valence-electron chi connectivity index (χ0n) is 10.4. The van der Waals surface area contributed by atoms with E-state index in [2.05, 4.69) is 0 Å². The smallest absolute Gasteiger partial charge is 0.100 e. The van der Waals surface area contributed by atoms with E-state index in [0.29, 0.717) is 33.0 Å². The molecular formula is C11H24O6. The lowest BCUT2D eigenvalue weighted by molar-refractivity contribution is -0.0332. The number of hydrogen-bond donors (Lipinski definition) is 3. The maximum atomic E-state index is 9.05. The Bertz CT molecular complexity index is 155. The SMILES string of the molecule is CCOCCOCC(CO)COCC(O)CO. The van der Waals surface area contributed by atoms with Crippen molar-refractivity contribution in [3.8, 4) is 0 Å². The van der Waals surface area contributed by atoms with Crippen molar-refractivity contribution in [2.75, 3.05) is 52.9 Å². The van der Waals surface area contributed by atoms with Crippen LogP contribution in [-0.4, -0.2) is 74.3 Å². The first-order chi connectivity index (χ1) is 8.24. The molecule has 0 aromatic heterocycles. The Morgan fingerprint density at radius 3 is 2.12 bits per heavy atom. The minimum Gasteiger partial charge on any atom is -0.396 e. The second-order valence-electron chi connectivity index (χ2n) is 3.69. The quantitative estimate of drug-likeness (QED) is 0.387. The molecule has 2 unspecified atom stereocenters. The van der Waals surface area contributed by atoms with E-state index < -0.39 is 6.10 Å². The molecule has 0 rings (SSSR count). The van der Waals surface area contributed by atoms with Gasteiger partial charge in [0.15, 0.2) is 0 Å². The van der Waals surface area contributed by atoms with Crippen LogP contribution < -0.4 is 0 Å². The van der Waals surface area contributed by atoms with E-state index in [-0.39, 0.29) is 25.7 Å². The molecule has 0 spiro atoms. The van der Waals surface area contributed by atoms with Crippen molar-refractivity contribution in [3.05, 3.63) is 0 Å². The zero-order chi connectivity index (χ0) is 12.9. The Balaban J connectivity index is 3.42. The van der Waals surface area contributed by atoms with Crippen molar-refractivity contribution >= 4 is 0 Å². The molecule has 0 saturated carbocycles. The highest BCUT2D eigenvalue weighted by atomic mass is 16.5. The first-order valence-electron chi connectivity index (χ1n) is 5.87. The molecule has 0 aromatic rings. The summed E-state index contributed by atoms with van der Waals surface area (Å²) in [4.78, 5) is 0. The van der Waals surface area contributed by atoms with Gasteiger partial charge >= 0.3 is 0 Å². The van der Waals surface area contributed by atoms with E-state index in [1.807, 2.05) is 6.92 Å². The minimum atomic E-state index is -0.867. The van der Waals surface area contributed by atoms with Gasteiger partial charge in [-0.1, -0.05) is 0 Å². The molecule has 0 fully saturated rings. The van der Waals surface area contributed by atoms with Crippen molar-refractivity contribution in [1.29, 1.82) is 0 Å². The highest BCUT2D eigenvalue weighted by molar-refractivity contribution is 4.56. The van der Waals surface area contributed by atoms with Gasteiger partial charge in [0.2, 0.25) is 0 Å². The van der Waals surface area contributed by atoms with Crippen molar-refractivity contribution in [2.24, 2.45) is 5.92 Å². The number of aliphatic hydroxyl groups excluding tert-OH is 3. The average Bonchev–Trinajstić information content (AvgIpc) is 2.36. The van der Waals surface area contributed by atoms with Gasteiger partial charge < -0.3 is 29.5 Å². The molecule has 2 atom stereocenters. The molecule has 0 bridgehead atoms. The Morgan fingerprint density at radius 2 is 1.53 bits per heavy atom. The second kappa shape index (κ2) is 12.2. The van der Waals surface area contributed by atoms with E-state index in [4.69, 9.17) is 29.5 Å². The van der Waals surface area contributed by atoms with E-state index in [1.165, 1.54) is 0 Å². The molecule has 0 aliphatic rings. The van der Waals surface area contributed by atoms with E-state index >= 15 is 0 Å². The van der Waals surface area contributed by atoms with Crippen LogP contribution >= 0.6 is 0 Å². The highest BCUT2D eigenvalue weighted by Gasteiger charge is 2.09. The third-order valence-electron chi connectivity index (χ3n) is 2.06. The van der Waals surface area contributed by atoms with E-state index in [0.717, 1.165) is 0 Å². The Hall–Kier alpha value is -0.240. The van der Waals surface area contributed by atoms with Crippen LogP contribution in [0.4, 0.5) is 0 Å². The van der Waals surface area contributed by atoms with Crippen molar-refractivity contribution in [1.82, 2.24) is 0 Å². The molecule has 6 nitrogen and oxygen atoms in total. The van der Waals surface area contributed by atoms with Gasteiger partial charge in [-0.15, -0.1) is 0 Å². The molecule has 0 saturated heterocycles. The number of aliphatic hydroxyl groups is 3. The summed E-state index contributed by atoms with van der Waals surface area (Å²) in [6, 6.07) is 0. The van der Waals surface area contributed by atoms with Crippen LogP contribution in [0.3, 0.4) is 0 Å². The van der Waals surface area contributed by atoms with Gasteiger partial charge in [0.25, 0.3) is 0 Å². The summed E-state index contributed by atoms with van der Waals surface area (Å²) in [5, 5.41) is 26.6. The van der Waals surface area contributed by atoms with Crippen LogP contribution in [0.1, 0.15) is 6.92 Å². The van der Waals surface area contributed by atoms with Crippen molar-refractivity contribution < 1.29 is 29.5 Å². The first kappa shape index (κ1) is 16.8. The van der Waals surface area contributed by atoms with Gasteiger partial charge in [0.05, 0.1) is 46.2 Å². The molecule has 0 amide bonds. The van der Waals surface area contributed by atoms with Gasteiger partial charge in [0.1, 0.15) is 6.10 Å². The fourth-order valence-corrected chi connectivity index (χ4v) is 1.09. The van der Waals surface area contributed by atoms with Crippen LogP contribution in [0.2, 0.25) is 0 Å². The highest BCUT2D eigenvalue weighted by Crippen LogP contribution is 1.98. The lowest BCUT2D eigenvalue weighted by Crippen LogP contribution is -2.25. The van der Waals surface area contributed by atoms with Crippen LogP contribution in [0, 0.1) is 5.92 Å². The average molecular weight is 252 g/mol. The largest absolute Gasteiger partial charge is 0.396 e. The summed E-state index contributed by atoms with van der Waals surface area (Å²) in [5.41, 5.74) is 0. The Morgan fingerprint density at radius 1 is 0.882 bits per heavy atom. The van der Waals surface area contributed by atoms with Crippen LogP contribution in [-0.2, 0) is 14.2 Å². The van der Waals surface area contributed by atoms with Crippen LogP contribution in [0.5, 0.6) is 0 Å². The molecule has 6 heteroatoms. The summed E-state index contributed by atoms with van der Waals surface area (Å²) in [6.07, 6.45) is -0.867. The van der Waals surface area contributed by atoms with E-state index in [1.54, 1.807) is 0 Å². The summed E-state index contributed by atoms with van der Waals surface area (Å²) in [6.45, 7) is 3.99. The molecule has 17 heavy (non-hydrogen) atoms. The molecular weight excluding hydrogens is 228 g/mol. The summed E-state index contributed by atoms with van der Waals surface area (Å²) >= 11 is 0. The Kier molecular flexibility index (Phi) is 12.1. The summed E-state index contributed by atoms with van der Waals surface area (Å²) in [7, 11) is 0. The van der Waals surface area contributed by atoms with Crippen molar-refractivity contribution in [2.45, 2.75) is 13.0 Å². The number of ether oxygens (including phenoxy) is 3. The molecule has 0 aliphatic carbocycles. The summed E-state index contributed by atoms with van der Waals surface area (Å²) < 4.78 is 15.5. The number of hydrogen-bond acceptors (Lipinski definition) is 6. The molecule has 3 N–H and O–H groups in total. The zero-order valence-corrected chi connectivity index (χ0v) is 10.4. The lowest BCUT2D eigenvalue weighted by Gasteiger charge is -2.16. The molecule has 0 heterocycles. The minimum absolute atomic E-state index is 0.0378. The third-order valence-corrected chi connectivity index (χ3v) is 2.06. The third kappa shape index (κ3) is 10.6. The standard InChI is InChI=1S/C11H24O6/c1-2-15-3-4-16-7-10(5-12)8-17-9-11(14)6-13/h10-14H,2-9H2,1H3. The maximum Gasteiger partial charge on any atom is 0.100 e. The Labute approximate surface area is 102 Å². The van der Waals surface area contributed by atoms with Gasteiger partial charge in [-0.2, -0.15) is 0 Å². The fraction of sp³-hybridized carbons (Fsp3) is 1.00. The molecule has 0 aliphatic heterocycles. The fourth-order valence-electron chi connectivity index (χ4n) is 1.09. The van der Waals surface area contributed by atoms with Gasteiger partial charge in [-0.3, -0.25) is 0 Å². The molecule has 0 radical (unpaired) electrons. The topological polar surface area (TPSA) is 88.4 Å². The normalized spacial score (nSPS) is 14.8. The van der Waals surface area contributed by atoms with Crippen LogP contribution in [0.15, 0.2) is 0 Å². The van der Waals surface area contributed by atoms with E-state index in [9.17, 15) is 0 Å². The van der Waals surface area contributed by atoms with Gasteiger partial charge in [-0.05, 0) is 6.92 Å². The first-order valence-corrected chi connectivity index (χ1v) is 5.87. The molecule has 104 valence electrons. The molecule has 0 aromatic carbocycles. The van der Waals surface area contributed by atoms with Crippen LogP contribution in [0.25, 0.3) is 0 Å². The summed E-state index contributed by atoms with van der Waals surface area (Å²) in [5.74, 6) is -0.123. The maximum absolute atomic E-state index is 9.05. The predicted molar refractivity (Wildman–Crippen MR) is 61.8 cm³/mol. The number of rotatable bonds is 12. The second-order valence-corrected chi connectivity index (χ2v) is 3.69. The van der Waals surface area contributed by atoms with Gasteiger partial charge in [-0.25, -0.2) is 0 Å². The van der Waals surface area contributed by atoms with Crippen molar-refractivity contribution in [3.63, 3.8) is 0 Å².